The molecule has 1 N–H and O–H groups in total. The number of sulfone groups is 1. The molecule has 0 atom stereocenters. The molecule has 1 heterocycles. The van der Waals surface area contributed by atoms with Crippen molar-refractivity contribution < 1.29 is 13.3 Å². The van der Waals surface area contributed by atoms with Gasteiger partial charge in [0.05, 0.1) is 4.92 Å². The fourth-order valence-corrected chi connectivity index (χ4v) is 4.45. The van der Waals surface area contributed by atoms with Crippen molar-refractivity contribution in [3.8, 4) is 0 Å². The summed E-state index contributed by atoms with van der Waals surface area (Å²) in [6.07, 6.45) is 2.59. The van der Waals surface area contributed by atoms with Gasteiger partial charge in [0.1, 0.15) is 10.6 Å². The summed E-state index contributed by atoms with van der Waals surface area (Å²) >= 11 is 0. The predicted molar refractivity (Wildman–Crippen MR) is 116 cm³/mol. The van der Waals surface area contributed by atoms with Crippen LogP contribution in [0.2, 0.25) is 0 Å². The molecule has 0 bridgehead atoms. The van der Waals surface area contributed by atoms with E-state index >= 15 is 0 Å². The van der Waals surface area contributed by atoms with Gasteiger partial charge in [-0.3, -0.25) is 10.1 Å². The highest BCUT2D eigenvalue weighted by Crippen LogP contribution is 2.33. The molecule has 1 aliphatic rings. The largest absolute Gasteiger partial charge is 0.378 e. The molecular weight excluding hydrogens is 392 g/mol. The second kappa shape index (κ2) is 8.28. The second-order valence-electron chi connectivity index (χ2n) is 7.50. The molecule has 29 heavy (non-hydrogen) atoms. The lowest BCUT2D eigenvalue weighted by atomic mass is 10.0. The van der Waals surface area contributed by atoms with E-state index in [0.717, 1.165) is 43.6 Å². The highest BCUT2D eigenvalue weighted by molar-refractivity contribution is 7.90. The summed E-state index contributed by atoms with van der Waals surface area (Å²) in [4.78, 5) is 15.0. The third kappa shape index (κ3) is 4.79. The maximum atomic E-state index is 11.9. The van der Waals surface area contributed by atoms with Gasteiger partial charge in [-0.05, 0) is 49.2 Å². The van der Waals surface area contributed by atoms with Crippen molar-refractivity contribution in [1.82, 2.24) is 0 Å². The van der Waals surface area contributed by atoms with Crippen molar-refractivity contribution in [2.45, 2.75) is 23.8 Å². The van der Waals surface area contributed by atoms with Gasteiger partial charge in [0.25, 0.3) is 0 Å². The van der Waals surface area contributed by atoms with E-state index in [1.807, 2.05) is 14.1 Å². The fraction of sp³-hybridized carbons (Fsp3) is 0.400. The summed E-state index contributed by atoms with van der Waals surface area (Å²) in [6, 6.07) is 12.8. The highest BCUT2D eigenvalue weighted by Gasteiger charge is 2.28. The van der Waals surface area contributed by atoms with Gasteiger partial charge in [0.2, 0.25) is 0 Å². The van der Waals surface area contributed by atoms with E-state index in [-0.39, 0.29) is 22.3 Å². The molecule has 0 unspecified atom stereocenters. The summed E-state index contributed by atoms with van der Waals surface area (Å²) in [6.45, 7) is 1.64. The maximum absolute atomic E-state index is 11.9. The lowest BCUT2D eigenvalue weighted by Gasteiger charge is -2.34. The van der Waals surface area contributed by atoms with Gasteiger partial charge >= 0.3 is 5.69 Å². The van der Waals surface area contributed by atoms with Gasteiger partial charge in [-0.2, -0.15) is 0 Å². The molecule has 1 aliphatic heterocycles. The summed E-state index contributed by atoms with van der Waals surface area (Å²) in [5.41, 5.74) is 2.17. The molecule has 0 aliphatic carbocycles. The lowest BCUT2D eigenvalue weighted by molar-refractivity contribution is -0.386. The quantitative estimate of drug-likeness (QED) is 0.569. The maximum Gasteiger partial charge on any atom is 0.310 e. The van der Waals surface area contributed by atoms with Crippen LogP contribution in [-0.2, 0) is 9.84 Å². The third-order valence-electron chi connectivity index (χ3n) is 5.17. The zero-order chi connectivity index (χ0) is 21.2. The van der Waals surface area contributed by atoms with E-state index < -0.39 is 14.8 Å². The van der Waals surface area contributed by atoms with Crippen LogP contribution in [0.15, 0.2) is 47.4 Å². The first-order valence-corrected chi connectivity index (χ1v) is 11.3. The van der Waals surface area contributed by atoms with Crippen LogP contribution in [0.3, 0.4) is 0 Å². The topological polar surface area (TPSA) is 95.8 Å². The lowest BCUT2D eigenvalue weighted by Crippen LogP contribution is -2.39. The molecule has 0 aromatic heterocycles. The smallest absolute Gasteiger partial charge is 0.310 e. The number of anilines is 3. The zero-order valence-electron chi connectivity index (χ0n) is 16.8. The van der Waals surface area contributed by atoms with Crippen LogP contribution in [0, 0.1) is 10.1 Å². The van der Waals surface area contributed by atoms with Crippen LogP contribution in [0.1, 0.15) is 12.8 Å². The van der Waals surface area contributed by atoms with E-state index in [1.165, 1.54) is 12.1 Å². The van der Waals surface area contributed by atoms with E-state index in [2.05, 4.69) is 39.4 Å². The Labute approximate surface area is 171 Å². The molecular formula is C20H26N4O4S. The second-order valence-corrected chi connectivity index (χ2v) is 9.48. The molecule has 8 nitrogen and oxygen atoms in total. The molecule has 2 aromatic carbocycles. The monoisotopic (exact) mass is 418 g/mol. The van der Waals surface area contributed by atoms with Crippen molar-refractivity contribution in [2.24, 2.45) is 0 Å². The predicted octanol–water partition coefficient (Wildman–Crippen LogP) is 3.15. The highest BCUT2D eigenvalue weighted by atomic mass is 32.2. The number of para-hydroxylation sites is 1. The number of piperidine rings is 1. The number of rotatable bonds is 6. The number of nitrogens with one attached hydrogen (secondary N) is 1. The molecule has 2 aromatic rings. The number of nitro benzene ring substituents is 1. The van der Waals surface area contributed by atoms with Crippen LogP contribution in [0.25, 0.3) is 0 Å². The summed E-state index contributed by atoms with van der Waals surface area (Å²) < 4.78 is 23.9. The van der Waals surface area contributed by atoms with Gasteiger partial charge in [0, 0.05) is 50.9 Å². The van der Waals surface area contributed by atoms with Crippen molar-refractivity contribution in [1.29, 1.82) is 0 Å². The Hall–Kier alpha value is -2.81. The Balaban J connectivity index is 1.70. The van der Waals surface area contributed by atoms with Gasteiger partial charge < -0.3 is 15.1 Å². The van der Waals surface area contributed by atoms with E-state index in [9.17, 15) is 18.5 Å². The third-order valence-corrected chi connectivity index (χ3v) is 6.30. The molecule has 1 saturated heterocycles. The molecule has 0 saturated carbocycles. The zero-order valence-corrected chi connectivity index (χ0v) is 17.6. The summed E-state index contributed by atoms with van der Waals surface area (Å²) in [5.74, 6) is 0. The number of hydrogen-bond acceptors (Lipinski definition) is 7. The number of nitrogens with zero attached hydrogens (tertiary/aromatic N) is 3. The Morgan fingerprint density at radius 3 is 2.24 bits per heavy atom. The van der Waals surface area contributed by atoms with E-state index in [1.54, 1.807) is 6.07 Å². The Morgan fingerprint density at radius 2 is 1.72 bits per heavy atom. The Morgan fingerprint density at radius 1 is 1.10 bits per heavy atom. The standard InChI is InChI=1S/C20H26N4O4S/c1-22(2)16-7-9-17(10-8-16)23-13-11-15(12-14-23)21-18-5-4-6-19(29(3,27)28)20(18)24(25)26/h4-10,15,21H,11-14H2,1-3H3. The molecule has 0 spiro atoms. The van der Waals surface area contributed by atoms with E-state index in [0.29, 0.717) is 0 Å². The molecule has 0 amide bonds. The van der Waals surface area contributed by atoms with Crippen LogP contribution in [0.5, 0.6) is 0 Å². The van der Waals surface area contributed by atoms with Crippen LogP contribution in [-0.4, -0.2) is 52.8 Å². The molecule has 0 radical (unpaired) electrons. The minimum absolute atomic E-state index is 0.0424. The first-order chi connectivity index (χ1) is 13.7. The van der Waals surface area contributed by atoms with Gasteiger partial charge in [-0.25, -0.2) is 8.42 Å². The summed E-state index contributed by atoms with van der Waals surface area (Å²) in [5, 5.41) is 14.7. The average molecular weight is 419 g/mol. The molecule has 3 rings (SSSR count). The normalized spacial score (nSPS) is 15.2. The first kappa shape index (κ1) is 20.9. The van der Waals surface area contributed by atoms with Crippen LogP contribution in [0.4, 0.5) is 22.7 Å². The first-order valence-electron chi connectivity index (χ1n) is 9.43. The van der Waals surface area contributed by atoms with E-state index in [4.69, 9.17) is 0 Å². The van der Waals surface area contributed by atoms with Crippen molar-refractivity contribution in [2.75, 3.05) is 48.6 Å². The van der Waals surface area contributed by atoms with Crippen molar-refractivity contribution in [3.05, 3.63) is 52.6 Å². The minimum Gasteiger partial charge on any atom is -0.378 e. The van der Waals surface area contributed by atoms with Gasteiger partial charge in [-0.15, -0.1) is 0 Å². The molecule has 1 fully saturated rings. The Bertz CT molecular complexity index is 982. The number of nitro groups is 1. The Kier molecular flexibility index (Phi) is 5.97. The number of hydrogen-bond donors (Lipinski definition) is 1. The van der Waals surface area contributed by atoms with Crippen molar-refractivity contribution >= 4 is 32.6 Å². The molecule has 156 valence electrons. The van der Waals surface area contributed by atoms with Gasteiger partial charge in [0.15, 0.2) is 9.84 Å². The SMILES string of the molecule is CN(C)c1ccc(N2CCC(Nc3cccc(S(C)(=O)=O)c3[N+](=O)[O-])CC2)cc1. The minimum atomic E-state index is -3.69. The van der Waals surface area contributed by atoms with Crippen LogP contribution < -0.4 is 15.1 Å². The van der Waals surface area contributed by atoms with Crippen LogP contribution >= 0.6 is 0 Å². The van der Waals surface area contributed by atoms with Crippen molar-refractivity contribution in [3.63, 3.8) is 0 Å². The fourth-order valence-electron chi connectivity index (χ4n) is 3.59. The average Bonchev–Trinajstić information content (AvgIpc) is 2.67. The molecule has 9 heteroatoms. The summed E-state index contributed by atoms with van der Waals surface area (Å²) in [7, 11) is 0.318. The van der Waals surface area contributed by atoms with Gasteiger partial charge in [-0.1, -0.05) is 6.07 Å². The number of benzene rings is 2.